The summed E-state index contributed by atoms with van der Waals surface area (Å²) in [7, 11) is 0. The first-order chi connectivity index (χ1) is 1.73. The Hall–Kier alpha value is 1.09. The second-order valence-corrected chi connectivity index (χ2v) is 6.42. The normalized spacial score (nSPS) is 6.25. The molecular weight excluding hydrogens is 127 g/mol. The first kappa shape index (κ1) is 5.09. The number of rotatable bonds is 0. The van der Waals surface area contributed by atoms with Crippen molar-refractivity contribution in [2.24, 2.45) is 0 Å². The first-order valence-electron chi connectivity index (χ1n) is 0.565. The molecule has 4 heavy (non-hydrogen) atoms. The molecule has 0 N–H and O–H groups in total. The Labute approximate surface area is 40.8 Å². The lowest BCUT2D eigenvalue weighted by atomic mass is 30.0. The summed E-state index contributed by atoms with van der Waals surface area (Å²) in [5.74, 6) is 0. The minimum atomic E-state index is -0.759. The van der Waals surface area contributed by atoms with Crippen LogP contribution in [0.4, 0.5) is 0 Å². The molecule has 0 aromatic heterocycles. The van der Waals surface area contributed by atoms with Gasteiger partial charge in [0.2, 0.25) is 0 Å². The van der Waals surface area contributed by atoms with Gasteiger partial charge in [0.05, 0.1) is 4.67 Å². The van der Waals surface area contributed by atoms with Crippen LogP contribution >= 0.6 is 16.9 Å². The largest absolute Gasteiger partial charge is 0.102 e. The van der Waals surface area contributed by atoms with Gasteiger partial charge in [-0.2, -0.15) is 0 Å². The maximum Gasteiger partial charge on any atom is 0.0666 e. The quantitative estimate of drug-likeness (QED) is 0.385. The number of hydrogen-bond acceptors (Lipinski definition) is 2. The fourth-order valence-electron chi connectivity index (χ4n) is 0. The highest BCUT2D eigenvalue weighted by atomic mass is 33.0. The van der Waals surface area contributed by atoms with Crippen molar-refractivity contribution in [3.8, 4) is 0 Å². The van der Waals surface area contributed by atoms with Crippen LogP contribution in [0.15, 0.2) is 0 Å². The average molecular weight is 128 g/mol. The van der Waals surface area contributed by atoms with Crippen LogP contribution in [0.5, 0.6) is 0 Å². The van der Waals surface area contributed by atoms with E-state index >= 15 is 0 Å². The van der Waals surface area contributed by atoms with E-state index in [0.29, 0.717) is 0 Å². The Balaban J connectivity index is 3.51. The van der Waals surface area contributed by atoms with Gasteiger partial charge in [0.25, 0.3) is 0 Å². The van der Waals surface area contributed by atoms with Crippen molar-refractivity contribution in [2.75, 3.05) is 0 Å². The zero-order chi connectivity index (χ0) is 3.58. The molecule has 0 amide bonds. The van der Waals surface area contributed by atoms with Gasteiger partial charge in [-0.3, -0.25) is 0 Å². The Bertz CT molecular complexity index is 51.7. The van der Waals surface area contributed by atoms with Gasteiger partial charge in [0.15, 0.2) is 0 Å². The molecule has 0 bridgehead atoms. The summed E-state index contributed by atoms with van der Waals surface area (Å²) in [6.45, 7) is 0. The first-order valence-corrected chi connectivity index (χ1v) is 5.09. The molecule has 0 aromatic rings. The minimum Gasteiger partial charge on any atom is -0.102 e. The van der Waals surface area contributed by atoms with E-state index in [1.54, 1.807) is 0 Å². The molecule has 0 atom stereocenters. The third kappa shape index (κ3) is 11.4. The molecule has 0 radical (unpaired) electrons. The third-order valence-electron chi connectivity index (χ3n) is 0. The maximum atomic E-state index is 4.36. The highest BCUT2D eigenvalue weighted by molar-refractivity contribution is 8.65. The van der Waals surface area contributed by atoms with Gasteiger partial charge in [-0.15, -0.1) is 12.2 Å². The molecule has 0 fully saturated rings. The monoisotopic (exact) mass is 128 g/mol. The molecule has 0 saturated carbocycles. The summed E-state index contributed by atoms with van der Waals surface area (Å²) < 4.78 is -0.759. The highest BCUT2D eigenvalue weighted by Gasteiger charge is 1.42. The van der Waals surface area contributed by atoms with E-state index in [-0.39, 0.29) is 0 Å². The van der Waals surface area contributed by atoms with Gasteiger partial charge in [0, 0.05) is 0 Å². The van der Waals surface area contributed by atoms with Crippen molar-refractivity contribution >= 4 is 40.5 Å². The Morgan fingerprint density at radius 2 is 1.50 bits per heavy atom. The van der Waals surface area contributed by atoms with Crippen molar-refractivity contribution in [3.05, 3.63) is 0 Å². The number of thiol groups is 1. The lowest BCUT2D eigenvalue weighted by Crippen LogP contribution is -0.898. The van der Waals surface area contributed by atoms with Crippen LogP contribution in [0.2, 0.25) is 0 Å². The van der Waals surface area contributed by atoms with Crippen LogP contribution in [-0.2, 0) is 23.6 Å². The van der Waals surface area contributed by atoms with E-state index in [9.17, 15) is 0 Å². The van der Waals surface area contributed by atoms with E-state index in [1.807, 2.05) is 0 Å². The molecule has 24 valence electrons. The minimum absolute atomic E-state index is 0.759. The molecule has 0 unspecified atom stereocenters. The van der Waals surface area contributed by atoms with Crippen LogP contribution in [0, 0.1) is 0 Å². The molecule has 0 nitrogen and oxygen atoms in total. The van der Waals surface area contributed by atoms with Gasteiger partial charge in [-0.05, 0) is 23.6 Å². The molecule has 0 aliphatic heterocycles. The summed E-state index contributed by atoms with van der Waals surface area (Å²) in [5, 5.41) is 0. The van der Waals surface area contributed by atoms with E-state index in [1.165, 1.54) is 0 Å². The Morgan fingerprint density at radius 3 is 1.50 bits per heavy atom. The smallest absolute Gasteiger partial charge is 0.0666 e. The summed E-state index contributed by atoms with van der Waals surface area (Å²) in [6.07, 6.45) is 0. The maximum absolute atomic E-state index is 4.36. The zero-order valence-corrected chi connectivity index (χ0v) is 5.13. The predicted octanol–water partition coefficient (Wildman–Crippen LogP) is 1.24. The predicted molar refractivity (Wildman–Crippen MR) is 30.6 cm³/mol. The summed E-state index contributed by atoms with van der Waals surface area (Å²) in [6, 6.07) is 0. The van der Waals surface area contributed by atoms with E-state index in [4.69, 9.17) is 0 Å². The van der Waals surface area contributed by atoms with Gasteiger partial charge in [0.1, 0.15) is 0 Å². The molecule has 0 heterocycles. The van der Waals surface area contributed by atoms with Crippen molar-refractivity contribution in [3.63, 3.8) is 0 Å². The van der Waals surface area contributed by atoms with Crippen LogP contribution < -0.4 is 0 Å². The summed E-state index contributed by atoms with van der Waals surface area (Å²) in [5.41, 5.74) is 0. The van der Waals surface area contributed by atoms with Crippen LogP contribution in [0.1, 0.15) is 0 Å². The van der Waals surface area contributed by atoms with Crippen molar-refractivity contribution < 1.29 is 0 Å². The van der Waals surface area contributed by atoms with E-state index in [0.717, 1.165) is 0 Å². The van der Waals surface area contributed by atoms with Gasteiger partial charge < -0.3 is 0 Å². The Morgan fingerprint density at radius 1 is 1.50 bits per heavy atom. The molecule has 4 heteroatoms. The lowest BCUT2D eigenvalue weighted by molar-refractivity contribution is 5.76. The molecule has 0 spiro atoms. The fourth-order valence-corrected chi connectivity index (χ4v) is 0. The fraction of sp³-hybridized carbons (Fsp3) is 0. The van der Waals surface area contributed by atoms with Crippen LogP contribution in [0.3, 0.4) is 0 Å². The van der Waals surface area contributed by atoms with Crippen LogP contribution in [0.25, 0.3) is 0 Å². The molecule has 0 rings (SSSR count). The molecule has 0 aromatic carbocycles. The molecular formula is HPS3. The molecule has 0 saturated heterocycles. The zero-order valence-electron chi connectivity index (χ0n) is 1.71. The van der Waals surface area contributed by atoms with Crippen LogP contribution in [-0.4, -0.2) is 0 Å². The second-order valence-electron chi connectivity index (χ2n) is 0.238. The van der Waals surface area contributed by atoms with Crippen molar-refractivity contribution in [2.45, 2.75) is 0 Å². The lowest BCUT2D eigenvalue weighted by Gasteiger charge is -1.42. The number of hydrogen-bond donors (Lipinski definition) is 1. The third-order valence-corrected chi connectivity index (χ3v) is 0. The summed E-state index contributed by atoms with van der Waals surface area (Å²) >= 11 is 12.4. The standard InChI is InChI=1S/HPS3/c2-1(3)4/h(H,2,3,4). The Kier molecular flexibility index (Phi) is 2.97. The van der Waals surface area contributed by atoms with E-state index in [2.05, 4.69) is 35.9 Å². The van der Waals surface area contributed by atoms with Gasteiger partial charge in [-0.25, -0.2) is 0 Å². The average Bonchev–Trinajstić information content (AvgIpc) is 0.811. The second kappa shape index (κ2) is 2.33. The van der Waals surface area contributed by atoms with Gasteiger partial charge in [-0.1, -0.05) is 0 Å². The van der Waals surface area contributed by atoms with Crippen molar-refractivity contribution in [1.29, 1.82) is 0 Å². The van der Waals surface area contributed by atoms with Crippen molar-refractivity contribution in [1.82, 2.24) is 0 Å². The molecule has 0 aliphatic rings. The topological polar surface area (TPSA) is 0 Å². The highest BCUT2D eigenvalue weighted by Crippen LogP contribution is 2.06. The van der Waals surface area contributed by atoms with E-state index < -0.39 is 4.67 Å². The molecule has 0 aliphatic carbocycles. The SMILES string of the molecule is S=P(=S)S. The van der Waals surface area contributed by atoms with Gasteiger partial charge >= 0.3 is 0 Å². The summed E-state index contributed by atoms with van der Waals surface area (Å²) in [4.78, 5) is 0.